The van der Waals surface area contributed by atoms with E-state index < -0.39 is 11.7 Å². The fourth-order valence-corrected chi connectivity index (χ4v) is 1.30. The van der Waals surface area contributed by atoms with Crippen molar-refractivity contribution in [2.75, 3.05) is 0 Å². The van der Waals surface area contributed by atoms with E-state index in [2.05, 4.69) is 23.3 Å². The minimum atomic E-state index is -4.39. The van der Waals surface area contributed by atoms with Gasteiger partial charge in [-0.25, -0.2) is 0 Å². The normalized spacial score (nSPS) is 12.4. The Balaban J connectivity index is 3.12. The molecule has 1 aromatic rings. The summed E-state index contributed by atoms with van der Waals surface area (Å²) in [5, 5.41) is 4.12. The van der Waals surface area contributed by atoms with Crippen molar-refractivity contribution < 1.29 is 13.2 Å². The number of nitrogens with zero attached hydrogens (tertiary/aromatic N) is 1. The molecule has 0 spiro atoms. The first-order valence-corrected chi connectivity index (χ1v) is 4.65. The summed E-state index contributed by atoms with van der Waals surface area (Å²) in [6.07, 6.45) is -4.39. The van der Waals surface area contributed by atoms with Crippen LogP contribution in [0.4, 0.5) is 13.2 Å². The summed E-state index contributed by atoms with van der Waals surface area (Å²) in [7, 11) is 0. The van der Waals surface area contributed by atoms with Gasteiger partial charge in [0.15, 0.2) is 0 Å². The van der Waals surface area contributed by atoms with Crippen LogP contribution in [0.2, 0.25) is 0 Å². The molecule has 0 aliphatic carbocycles. The lowest BCUT2D eigenvalue weighted by Crippen LogP contribution is -2.07. The summed E-state index contributed by atoms with van der Waals surface area (Å²) in [5.74, 6) is 0. The highest BCUT2D eigenvalue weighted by atomic mass is 32.1. The van der Waals surface area contributed by atoms with Gasteiger partial charge in [-0.15, -0.1) is 12.6 Å². The van der Waals surface area contributed by atoms with Crippen molar-refractivity contribution >= 4 is 18.3 Å². The van der Waals surface area contributed by atoms with Gasteiger partial charge in [-0.3, -0.25) is 5.43 Å². The molecule has 0 fully saturated rings. The van der Waals surface area contributed by atoms with Crippen molar-refractivity contribution in [2.24, 2.45) is 5.22 Å². The van der Waals surface area contributed by atoms with Gasteiger partial charge >= 0.3 is 6.18 Å². The number of thiol groups is 1. The summed E-state index contributed by atoms with van der Waals surface area (Å²) in [5.41, 5.74) is 8.55. The minimum absolute atomic E-state index is 0.226. The van der Waals surface area contributed by atoms with E-state index in [9.17, 15) is 13.2 Å². The Labute approximate surface area is 95.2 Å². The van der Waals surface area contributed by atoms with Crippen LogP contribution in [0.3, 0.4) is 0 Å². The van der Waals surface area contributed by atoms with Gasteiger partial charge in [-0.1, -0.05) is 17.4 Å². The lowest BCUT2D eigenvalue weighted by atomic mass is 10.1. The van der Waals surface area contributed by atoms with Gasteiger partial charge in [0, 0.05) is 5.56 Å². The third kappa shape index (κ3) is 2.99. The van der Waals surface area contributed by atoms with E-state index in [4.69, 9.17) is 5.53 Å². The number of halogens is 3. The molecule has 0 saturated heterocycles. The maximum absolute atomic E-state index is 12.4. The van der Waals surface area contributed by atoms with Crippen molar-refractivity contribution in [1.29, 1.82) is 5.53 Å². The van der Waals surface area contributed by atoms with Crippen LogP contribution in [0.15, 0.2) is 34.9 Å². The molecule has 1 aromatic carbocycles. The predicted molar refractivity (Wildman–Crippen MR) is 56.7 cm³/mol. The molecule has 0 bridgehead atoms. The van der Waals surface area contributed by atoms with Crippen LogP contribution in [-0.4, -0.2) is 0 Å². The van der Waals surface area contributed by atoms with Gasteiger partial charge in [0.1, 0.15) is 0 Å². The molecule has 0 saturated carbocycles. The summed E-state index contributed by atoms with van der Waals surface area (Å²) in [6, 6.07) is 4.67. The molecule has 0 amide bonds. The Morgan fingerprint density at radius 3 is 2.62 bits per heavy atom. The first-order chi connectivity index (χ1) is 7.49. The smallest absolute Gasteiger partial charge is 0.259 e. The Hall–Kier alpha value is -1.50. The van der Waals surface area contributed by atoms with Crippen LogP contribution in [0.5, 0.6) is 0 Å². The molecule has 16 heavy (non-hydrogen) atoms. The highest BCUT2D eigenvalue weighted by molar-refractivity contribution is 7.83. The standard InChI is InChI=1S/C9H8F3N3S/c10-9(11,12)7-3-1-2-6(4-7)8(5-16)14-15-13/h1-5,16H,(H2,13,14)/b8-5-. The molecule has 7 heteroatoms. The lowest BCUT2D eigenvalue weighted by Gasteiger charge is -2.09. The summed E-state index contributed by atoms with van der Waals surface area (Å²) in [6.45, 7) is 0. The van der Waals surface area contributed by atoms with Gasteiger partial charge in [0.05, 0.1) is 11.3 Å². The van der Waals surface area contributed by atoms with Crippen molar-refractivity contribution in [3.63, 3.8) is 0 Å². The molecule has 1 rings (SSSR count). The van der Waals surface area contributed by atoms with Crippen molar-refractivity contribution in [3.05, 3.63) is 40.8 Å². The molecular formula is C9H8F3N3S. The molecule has 0 atom stereocenters. The van der Waals surface area contributed by atoms with Gasteiger partial charge in [-0.05, 0) is 17.5 Å². The SMILES string of the molecule is N=NN/C(=C\S)c1cccc(C(F)(F)F)c1. The average Bonchev–Trinajstić information content (AvgIpc) is 2.25. The Morgan fingerprint density at radius 1 is 1.44 bits per heavy atom. The van der Waals surface area contributed by atoms with E-state index in [0.717, 1.165) is 12.1 Å². The van der Waals surface area contributed by atoms with E-state index in [1.807, 2.05) is 0 Å². The van der Waals surface area contributed by atoms with Gasteiger partial charge in [0.25, 0.3) is 0 Å². The molecule has 0 aromatic heterocycles. The quantitative estimate of drug-likeness (QED) is 0.427. The highest BCUT2D eigenvalue weighted by Gasteiger charge is 2.30. The van der Waals surface area contributed by atoms with Gasteiger partial charge in [-0.2, -0.15) is 18.7 Å². The van der Waals surface area contributed by atoms with E-state index in [-0.39, 0.29) is 11.3 Å². The number of hydrogen-bond donors (Lipinski definition) is 3. The summed E-state index contributed by atoms with van der Waals surface area (Å²) >= 11 is 3.82. The number of hydrogen-bond acceptors (Lipinski definition) is 3. The number of rotatable bonds is 3. The first kappa shape index (κ1) is 12.6. The Bertz CT molecular complexity index is 415. The summed E-state index contributed by atoms with van der Waals surface area (Å²) in [4.78, 5) is 0. The van der Waals surface area contributed by atoms with Crippen LogP contribution < -0.4 is 5.43 Å². The topological polar surface area (TPSA) is 48.2 Å². The average molecular weight is 247 g/mol. The molecule has 3 nitrogen and oxygen atoms in total. The first-order valence-electron chi connectivity index (χ1n) is 4.13. The third-order valence-corrected chi connectivity index (χ3v) is 2.06. The monoisotopic (exact) mass is 247 g/mol. The van der Waals surface area contributed by atoms with Crippen LogP contribution in [0, 0.1) is 5.53 Å². The van der Waals surface area contributed by atoms with E-state index in [0.29, 0.717) is 0 Å². The molecule has 0 aliphatic rings. The highest BCUT2D eigenvalue weighted by Crippen LogP contribution is 2.30. The second-order valence-electron chi connectivity index (χ2n) is 2.84. The maximum Gasteiger partial charge on any atom is 0.416 e. The van der Waals surface area contributed by atoms with E-state index in [1.54, 1.807) is 0 Å². The summed E-state index contributed by atoms with van der Waals surface area (Å²) < 4.78 is 37.2. The van der Waals surface area contributed by atoms with E-state index >= 15 is 0 Å². The van der Waals surface area contributed by atoms with Crippen LogP contribution in [0.25, 0.3) is 5.70 Å². The minimum Gasteiger partial charge on any atom is -0.259 e. The second-order valence-corrected chi connectivity index (χ2v) is 3.10. The molecule has 0 heterocycles. The Kier molecular flexibility index (Phi) is 3.94. The predicted octanol–water partition coefficient (Wildman–Crippen LogP) is 3.47. The molecule has 0 unspecified atom stereocenters. The third-order valence-electron chi connectivity index (χ3n) is 1.81. The molecule has 0 radical (unpaired) electrons. The number of benzene rings is 1. The Morgan fingerprint density at radius 2 is 2.12 bits per heavy atom. The molecule has 2 N–H and O–H groups in total. The largest absolute Gasteiger partial charge is 0.416 e. The zero-order chi connectivity index (χ0) is 12.2. The second kappa shape index (κ2) is 5.02. The number of nitrogens with one attached hydrogen (secondary N) is 2. The van der Waals surface area contributed by atoms with Gasteiger partial charge < -0.3 is 0 Å². The van der Waals surface area contributed by atoms with Crippen molar-refractivity contribution in [1.82, 2.24) is 5.43 Å². The molecular weight excluding hydrogens is 239 g/mol. The fraction of sp³-hybridized carbons (Fsp3) is 0.111. The number of alkyl halides is 3. The van der Waals surface area contributed by atoms with Crippen LogP contribution >= 0.6 is 12.6 Å². The molecule has 0 aliphatic heterocycles. The molecule has 86 valence electrons. The lowest BCUT2D eigenvalue weighted by molar-refractivity contribution is -0.137. The van der Waals surface area contributed by atoms with Crippen LogP contribution in [0.1, 0.15) is 11.1 Å². The zero-order valence-electron chi connectivity index (χ0n) is 7.92. The van der Waals surface area contributed by atoms with Crippen LogP contribution in [-0.2, 0) is 6.18 Å². The van der Waals surface area contributed by atoms with Gasteiger partial charge in [0.2, 0.25) is 0 Å². The maximum atomic E-state index is 12.4. The zero-order valence-corrected chi connectivity index (χ0v) is 8.81. The van der Waals surface area contributed by atoms with Crippen molar-refractivity contribution in [2.45, 2.75) is 6.18 Å². The fourth-order valence-electron chi connectivity index (χ4n) is 1.09. The van der Waals surface area contributed by atoms with Crippen molar-refractivity contribution in [3.8, 4) is 0 Å². The van der Waals surface area contributed by atoms with E-state index in [1.165, 1.54) is 17.5 Å².